The highest BCUT2D eigenvalue weighted by molar-refractivity contribution is 7.90. The van der Waals surface area contributed by atoms with Crippen molar-refractivity contribution in [1.29, 1.82) is 5.26 Å². The van der Waals surface area contributed by atoms with Gasteiger partial charge in [0.25, 0.3) is 5.91 Å². The molecule has 0 radical (unpaired) electrons. The molecule has 0 bridgehead atoms. The molecule has 1 aliphatic rings. The lowest BCUT2D eigenvalue weighted by Gasteiger charge is -2.22. The summed E-state index contributed by atoms with van der Waals surface area (Å²) in [6, 6.07) is 25.7. The molecule has 3 aromatic carbocycles. The van der Waals surface area contributed by atoms with Crippen molar-refractivity contribution < 1.29 is 13.2 Å². The molecule has 1 fully saturated rings. The van der Waals surface area contributed by atoms with Crippen LogP contribution in [-0.4, -0.2) is 55.3 Å². The molecule has 2 unspecified atom stereocenters. The van der Waals surface area contributed by atoms with Crippen LogP contribution in [0.15, 0.2) is 90.0 Å². The summed E-state index contributed by atoms with van der Waals surface area (Å²) in [5.74, 6) is -0.462. The van der Waals surface area contributed by atoms with Crippen LogP contribution in [0.5, 0.6) is 0 Å². The summed E-state index contributed by atoms with van der Waals surface area (Å²) in [4.78, 5) is 22.0. The van der Waals surface area contributed by atoms with E-state index in [1.165, 1.54) is 5.56 Å². The van der Waals surface area contributed by atoms with Gasteiger partial charge in [0.05, 0.1) is 28.2 Å². The summed E-state index contributed by atoms with van der Waals surface area (Å²) in [7, 11) is -3.62. The van der Waals surface area contributed by atoms with Crippen molar-refractivity contribution in [3.8, 4) is 6.07 Å². The number of nitrogens with zero attached hydrogens (tertiary/aromatic N) is 4. The first-order valence-electron chi connectivity index (χ1n) is 14.2. The van der Waals surface area contributed by atoms with Gasteiger partial charge in [-0.2, -0.15) is 5.26 Å². The van der Waals surface area contributed by atoms with Gasteiger partial charge in [-0.3, -0.25) is 14.7 Å². The Balaban J connectivity index is 1.18. The van der Waals surface area contributed by atoms with Crippen molar-refractivity contribution in [2.24, 2.45) is 11.7 Å². The highest BCUT2D eigenvalue weighted by Crippen LogP contribution is 2.25. The molecule has 2 heterocycles. The fourth-order valence-electron chi connectivity index (χ4n) is 5.36. The van der Waals surface area contributed by atoms with Crippen LogP contribution in [0, 0.1) is 17.2 Å². The Hall–Kier alpha value is -4.10. The maximum Gasteiger partial charge on any atom is 0.253 e. The number of pyridine rings is 1. The van der Waals surface area contributed by atoms with Gasteiger partial charge in [0.15, 0.2) is 9.84 Å². The largest absolute Gasteiger partial charge is 0.337 e. The van der Waals surface area contributed by atoms with Crippen molar-refractivity contribution in [2.75, 3.05) is 26.2 Å². The Morgan fingerprint density at radius 1 is 0.952 bits per heavy atom. The molecule has 2 N–H and O–H groups in total. The number of benzene rings is 3. The molecule has 0 aliphatic carbocycles. The lowest BCUT2D eigenvalue weighted by atomic mass is 9.96. The lowest BCUT2D eigenvalue weighted by molar-refractivity contribution is 0.0761. The fourth-order valence-corrected chi connectivity index (χ4v) is 6.89. The van der Waals surface area contributed by atoms with Gasteiger partial charge in [-0.15, -0.1) is 0 Å². The van der Waals surface area contributed by atoms with Crippen molar-refractivity contribution in [3.63, 3.8) is 0 Å². The molecule has 2 atom stereocenters. The molecule has 0 saturated carbocycles. The number of fused-ring (bicyclic) bond motifs is 1. The molecule has 216 valence electrons. The normalized spacial score (nSPS) is 16.0. The third-order valence-corrected chi connectivity index (χ3v) is 9.59. The van der Waals surface area contributed by atoms with Crippen LogP contribution in [0.2, 0.25) is 0 Å². The predicted molar refractivity (Wildman–Crippen MR) is 163 cm³/mol. The minimum absolute atomic E-state index is 0.0468. The molecule has 1 aliphatic heterocycles. The Kier molecular flexibility index (Phi) is 8.97. The van der Waals surface area contributed by atoms with Crippen LogP contribution in [0.4, 0.5) is 0 Å². The Morgan fingerprint density at radius 2 is 1.67 bits per heavy atom. The summed E-state index contributed by atoms with van der Waals surface area (Å²) in [6.45, 7) is 5.53. The van der Waals surface area contributed by atoms with Gasteiger partial charge in [0, 0.05) is 55.9 Å². The van der Waals surface area contributed by atoms with E-state index in [9.17, 15) is 13.2 Å². The van der Waals surface area contributed by atoms with E-state index in [0.717, 1.165) is 37.0 Å². The average molecular weight is 582 g/mol. The Morgan fingerprint density at radius 3 is 2.40 bits per heavy atom. The van der Waals surface area contributed by atoms with Crippen LogP contribution < -0.4 is 5.73 Å². The first-order chi connectivity index (χ1) is 20.2. The van der Waals surface area contributed by atoms with Crippen LogP contribution in [0.1, 0.15) is 46.4 Å². The number of hydrogen-bond donors (Lipinski definition) is 1. The molecule has 8 nitrogen and oxygen atoms in total. The number of carbonyl (C=O) groups is 1. The summed E-state index contributed by atoms with van der Waals surface area (Å²) < 4.78 is 26.5. The van der Waals surface area contributed by atoms with E-state index in [1.807, 2.05) is 36.1 Å². The third-order valence-electron chi connectivity index (χ3n) is 7.88. The molecule has 9 heteroatoms. The van der Waals surface area contributed by atoms with Gasteiger partial charge >= 0.3 is 0 Å². The molecular weight excluding hydrogens is 546 g/mol. The number of aromatic nitrogens is 1. The van der Waals surface area contributed by atoms with E-state index in [1.54, 1.807) is 48.7 Å². The zero-order chi connectivity index (χ0) is 29.7. The van der Waals surface area contributed by atoms with E-state index in [0.29, 0.717) is 29.7 Å². The standard InChI is InChI=1S/C33H35N5O3S/c1-24(21-34)31(35)27-12-8-25(9-13-27)22-37-17-4-18-38(20-19-37)33(39)29-14-10-26(11-15-29)23-42(40,41)30-7-2-5-28-6-3-16-36-32(28)30/h2-3,5-16,24,31H,4,17-20,22-23,35H2,1H3. The summed E-state index contributed by atoms with van der Waals surface area (Å²) in [5.41, 5.74) is 9.93. The number of sulfone groups is 1. The second kappa shape index (κ2) is 12.8. The highest BCUT2D eigenvalue weighted by atomic mass is 32.2. The number of amides is 1. The smallest absolute Gasteiger partial charge is 0.253 e. The Labute approximate surface area is 247 Å². The van der Waals surface area contributed by atoms with Crippen molar-refractivity contribution in [1.82, 2.24) is 14.8 Å². The maximum atomic E-state index is 13.3. The van der Waals surface area contributed by atoms with E-state index in [4.69, 9.17) is 11.0 Å². The zero-order valence-electron chi connectivity index (χ0n) is 23.7. The van der Waals surface area contributed by atoms with Crippen molar-refractivity contribution >= 4 is 26.6 Å². The van der Waals surface area contributed by atoms with E-state index < -0.39 is 9.84 Å². The van der Waals surface area contributed by atoms with E-state index in [2.05, 4.69) is 28.1 Å². The van der Waals surface area contributed by atoms with E-state index >= 15 is 0 Å². The fraction of sp³-hybridized carbons (Fsp3) is 0.303. The molecule has 0 spiro atoms. The van der Waals surface area contributed by atoms with Gasteiger partial charge in [-0.25, -0.2) is 8.42 Å². The highest BCUT2D eigenvalue weighted by Gasteiger charge is 2.22. The second-order valence-electron chi connectivity index (χ2n) is 10.9. The number of nitrogens with two attached hydrogens (primary N) is 1. The molecule has 1 amide bonds. The zero-order valence-corrected chi connectivity index (χ0v) is 24.5. The van der Waals surface area contributed by atoms with Gasteiger partial charge in [-0.1, -0.05) is 54.6 Å². The molecule has 42 heavy (non-hydrogen) atoms. The average Bonchev–Trinajstić information content (AvgIpc) is 3.25. The van der Waals surface area contributed by atoms with Crippen LogP contribution in [0.25, 0.3) is 10.9 Å². The number of nitriles is 1. The predicted octanol–water partition coefficient (Wildman–Crippen LogP) is 4.72. The van der Waals surface area contributed by atoms with E-state index in [-0.39, 0.29) is 28.5 Å². The third kappa shape index (κ3) is 6.68. The van der Waals surface area contributed by atoms with Crippen LogP contribution in [0.3, 0.4) is 0 Å². The van der Waals surface area contributed by atoms with Gasteiger partial charge in [-0.05, 0) is 54.3 Å². The number of para-hydroxylation sites is 1. The molecule has 1 aromatic heterocycles. The van der Waals surface area contributed by atoms with Crippen LogP contribution in [-0.2, 0) is 22.1 Å². The quantitative estimate of drug-likeness (QED) is 0.320. The molecule has 4 aromatic rings. The van der Waals surface area contributed by atoms with Crippen LogP contribution >= 0.6 is 0 Å². The minimum atomic E-state index is -3.62. The van der Waals surface area contributed by atoms with Crippen molar-refractivity contribution in [2.45, 2.75) is 36.6 Å². The molecule has 5 rings (SSSR count). The summed E-state index contributed by atoms with van der Waals surface area (Å²) >= 11 is 0. The topological polar surface area (TPSA) is 120 Å². The SMILES string of the molecule is CC(C#N)C(N)c1ccc(CN2CCCN(C(=O)c3ccc(CS(=O)(=O)c4cccc5cccnc45)cc3)CC2)cc1. The first kappa shape index (κ1) is 29.4. The number of hydrogen-bond acceptors (Lipinski definition) is 7. The van der Waals surface area contributed by atoms with Gasteiger partial charge in [0.1, 0.15) is 0 Å². The summed E-state index contributed by atoms with van der Waals surface area (Å²) in [6.07, 6.45) is 2.46. The van der Waals surface area contributed by atoms with Gasteiger partial charge < -0.3 is 10.6 Å². The monoisotopic (exact) mass is 581 g/mol. The Bertz CT molecular complexity index is 1690. The number of carbonyl (C=O) groups excluding carboxylic acids is 1. The van der Waals surface area contributed by atoms with Crippen molar-refractivity contribution in [3.05, 3.63) is 107 Å². The number of rotatable bonds is 8. The summed E-state index contributed by atoms with van der Waals surface area (Å²) in [5, 5.41) is 9.91. The minimum Gasteiger partial charge on any atom is -0.337 e. The maximum absolute atomic E-state index is 13.3. The lowest BCUT2D eigenvalue weighted by Crippen LogP contribution is -2.35. The second-order valence-corrected chi connectivity index (χ2v) is 12.9. The molecular formula is C33H35N5O3S. The van der Waals surface area contributed by atoms with Gasteiger partial charge in [0.2, 0.25) is 0 Å². The first-order valence-corrected chi connectivity index (χ1v) is 15.8. The molecule has 1 saturated heterocycles.